The number of hydrogen-bond donors (Lipinski definition) is 0. The van der Waals surface area contributed by atoms with Crippen molar-refractivity contribution in [1.29, 1.82) is 0 Å². The van der Waals surface area contributed by atoms with Crippen LogP contribution in [0.4, 0.5) is 57.1 Å². The average Bonchev–Trinajstić information content (AvgIpc) is 2.25. The molecule has 0 aromatic rings. The molecule has 0 aliphatic heterocycles. The Morgan fingerprint density at radius 2 is 0.826 bits per heavy atom. The third kappa shape index (κ3) is 3.19. The van der Waals surface area contributed by atoms with E-state index in [-0.39, 0.29) is 26.2 Å². The smallest absolute Gasteiger partial charge is 0.460 e. The number of alkyl halides is 13. The van der Waals surface area contributed by atoms with Crippen molar-refractivity contribution in [2.45, 2.75) is 35.8 Å². The van der Waals surface area contributed by atoms with E-state index in [1.807, 2.05) is 0 Å². The predicted octanol–water partition coefficient (Wildman–Crippen LogP) is 2.47. The molecule has 0 saturated carbocycles. The first kappa shape index (κ1) is 24.7. The monoisotopic (exact) mass is 453 g/mol. The second-order valence-corrected chi connectivity index (χ2v) is 3.66. The fraction of sp³-hybridized carbons (Fsp3) is 0.857. The summed E-state index contributed by atoms with van der Waals surface area (Å²) in [7, 11) is 0. The van der Waals surface area contributed by atoms with Gasteiger partial charge in [-0.3, -0.25) is 0 Å². The molecule has 0 aliphatic carbocycles. The van der Waals surface area contributed by atoms with Crippen molar-refractivity contribution in [3.8, 4) is 0 Å². The predicted molar refractivity (Wildman–Crippen MR) is 35.8 cm³/mol. The van der Waals surface area contributed by atoms with Crippen molar-refractivity contribution in [3.63, 3.8) is 0 Å². The summed E-state index contributed by atoms with van der Waals surface area (Å²) in [6, 6.07) is 0. The van der Waals surface area contributed by atoms with Gasteiger partial charge in [-0.2, -0.15) is 57.1 Å². The zero-order chi connectivity index (χ0) is 18.6. The Hall–Kier alpha value is -0.557. The SMILES string of the molecule is O=C([O-])C(F)(F)C(F)(F)C(F)(F)C(F)(F)C(F)(F)C(F)(F)F.[Zr]. The van der Waals surface area contributed by atoms with Gasteiger partial charge >= 0.3 is 35.8 Å². The second-order valence-electron chi connectivity index (χ2n) is 3.66. The molecule has 16 heteroatoms. The maximum absolute atomic E-state index is 12.6. The Kier molecular flexibility index (Phi) is 6.51. The van der Waals surface area contributed by atoms with E-state index >= 15 is 0 Å². The minimum absolute atomic E-state index is 0. The fourth-order valence-electron chi connectivity index (χ4n) is 0.898. The van der Waals surface area contributed by atoms with Gasteiger partial charge in [0.15, 0.2) is 0 Å². The van der Waals surface area contributed by atoms with Gasteiger partial charge in [-0.15, -0.1) is 0 Å². The molecule has 23 heavy (non-hydrogen) atoms. The summed E-state index contributed by atoms with van der Waals surface area (Å²) in [5, 5.41) is 9.56. The number of carboxylic acid groups (broad SMARTS) is 1. The van der Waals surface area contributed by atoms with Crippen LogP contribution in [-0.2, 0) is 31.0 Å². The Labute approximate surface area is 135 Å². The minimum atomic E-state index is -8.11. The molecule has 0 aliphatic rings. The van der Waals surface area contributed by atoms with Crippen molar-refractivity contribution in [3.05, 3.63) is 0 Å². The van der Waals surface area contributed by atoms with Gasteiger partial charge < -0.3 is 9.90 Å². The molecule has 0 atom stereocenters. The van der Waals surface area contributed by atoms with Crippen LogP contribution < -0.4 is 5.11 Å². The molecule has 0 saturated heterocycles. The van der Waals surface area contributed by atoms with Crippen LogP contribution >= 0.6 is 0 Å². The molecule has 0 spiro atoms. The first-order chi connectivity index (χ1) is 9.19. The van der Waals surface area contributed by atoms with Crippen LogP contribution in [-0.4, -0.2) is 41.8 Å². The number of halogens is 13. The van der Waals surface area contributed by atoms with E-state index < -0.39 is 41.8 Å². The Balaban J connectivity index is 0. The zero-order valence-corrected chi connectivity index (χ0v) is 12.2. The third-order valence-electron chi connectivity index (χ3n) is 2.19. The summed E-state index contributed by atoms with van der Waals surface area (Å²) in [4.78, 5) is 9.56. The topological polar surface area (TPSA) is 40.1 Å². The maximum atomic E-state index is 12.6. The fourth-order valence-corrected chi connectivity index (χ4v) is 0.898. The molecule has 0 fully saturated rings. The Morgan fingerprint density at radius 1 is 0.565 bits per heavy atom. The molecule has 2 nitrogen and oxygen atoms in total. The Bertz CT molecular complexity index is 454. The van der Waals surface area contributed by atoms with Gasteiger partial charge in [-0.1, -0.05) is 0 Å². The molecule has 0 bridgehead atoms. The molecule has 0 radical (unpaired) electrons. The van der Waals surface area contributed by atoms with Gasteiger partial charge in [0.25, 0.3) is 0 Å². The molecule has 0 rings (SSSR count). The molecular formula is C7F13O2Zr-. The summed E-state index contributed by atoms with van der Waals surface area (Å²) in [6.45, 7) is 0. The summed E-state index contributed by atoms with van der Waals surface area (Å²) in [6.07, 6.45) is -7.53. The molecule has 0 amide bonds. The van der Waals surface area contributed by atoms with Crippen molar-refractivity contribution >= 4 is 5.97 Å². The van der Waals surface area contributed by atoms with Crippen LogP contribution in [0.1, 0.15) is 0 Å². The Morgan fingerprint density at radius 3 is 1.04 bits per heavy atom. The number of aliphatic carboxylic acids is 1. The van der Waals surface area contributed by atoms with E-state index in [4.69, 9.17) is 0 Å². The molecule has 0 heterocycles. The van der Waals surface area contributed by atoms with Crippen LogP contribution in [0.2, 0.25) is 0 Å². The van der Waals surface area contributed by atoms with E-state index in [1.165, 1.54) is 0 Å². The van der Waals surface area contributed by atoms with Gasteiger partial charge in [0, 0.05) is 26.2 Å². The van der Waals surface area contributed by atoms with E-state index in [2.05, 4.69) is 0 Å². The quantitative estimate of drug-likeness (QED) is 0.600. The first-order valence-electron chi connectivity index (χ1n) is 4.37. The van der Waals surface area contributed by atoms with Crippen LogP contribution in [0, 0.1) is 0 Å². The number of carbonyl (C=O) groups is 1. The normalized spacial score (nSPS) is 15.2. The van der Waals surface area contributed by atoms with Gasteiger partial charge in [0.1, 0.15) is 5.97 Å². The third-order valence-corrected chi connectivity index (χ3v) is 2.19. The first-order valence-corrected chi connectivity index (χ1v) is 4.37. The summed E-state index contributed by atoms with van der Waals surface area (Å²) in [5.74, 6) is -43.5. The maximum Gasteiger partial charge on any atom is 0.460 e. The molecule has 0 aromatic carbocycles. The van der Waals surface area contributed by atoms with Gasteiger partial charge in [-0.05, 0) is 0 Å². The number of hydrogen-bond acceptors (Lipinski definition) is 2. The van der Waals surface area contributed by atoms with Crippen LogP contribution in [0.3, 0.4) is 0 Å². The van der Waals surface area contributed by atoms with Crippen molar-refractivity contribution in [2.75, 3.05) is 0 Å². The summed E-state index contributed by atoms with van der Waals surface area (Å²) >= 11 is 0. The van der Waals surface area contributed by atoms with E-state index in [9.17, 15) is 67.0 Å². The van der Waals surface area contributed by atoms with Crippen molar-refractivity contribution in [1.82, 2.24) is 0 Å². The molecule has 0 N–H and O–H groups in total. The molecule has 0 unspecified atom stereocenters. The van der Waals surface area contributed by atoms with Crippen LogP contribution in [0.25, 0.3) is 0 Å². The van der Waals surface area contributed by atoms with Gasteiger partial charge in [0.2, 0.25) is 0 Å². The van der Waals surface area contributed by atoms with Crippen LogP contribution in [0.5, 0.6) is 0 Å². The van der Waals surface area contributed by atoms with Gasteiger partial charge in [-0.25, -0.2) is 0 Å². The number of rotatable bonds is 5. The summed E-state index contributed by atoms with van der Waals surface area (Å²) < 4.78 is 159. The number of carboxylic acids is 1. The van der Waals surface area contributed by atoms with E-state index in [0.717, 1.165) is 0 Å². The van der Waals surface area contributed by atoms with Crippen molar-refractivity contribution < 1.29 is 93.2 Å². The second kappa shape index (κ2) is 6.06. The molecule has 0 aromatic heterocycles. The largest absolute Gasteiger partial charge is 0.544 e. The van der Waals surface area contributed by atoms with E-state index in [1.54, 1.807) is 0 Å². The molecule has 136 valence electrons. The van der Waals surface area contributed by atoms with Gasteiger partial charge in [0.05, 0.1) is 0 Å². The molecular weight excluding hydrogens is 454 g/mol. The zero-order valence-electron chi connectivity index (χ0n) is 9.73. The standard InChI is InChI=1S/C7HF13O2.Zr/c8-2(9,1(21)22)3(10,11)4(12,13)5(14,15)6(16,17)7(18,19)20;/h(H,21,22);/p-1. The average molecular weight is 454 g/mol. The van der Waals surface area contributed by atoms with Crippen LogP contribution in [0.15, 0.2) is 0 Å². The summed E-state index contributed by atoms with van der Waals surface area (Å²) in [5.41, 5.74) is 0. The van der Waals surface area contributed by atoms with E-state index in [0.29, 0.717) is 0 Å². The van der Waals surface area contributed by atoms with Crippen molar-refractivity contribution in [2.24, 2.45) is 0 Å². The minimum Gasteiger partial charge on any atom is -0.544 e. The number of carbonyl (C=O) groups excluding carboxylic acids is 1.